The molecule has 0 heterocycles. The topological polar surface area (TPSA) is 83.5 Å². The third-order valence-corrected chi connectivity index (χ3v) is 2.70. The number of nitrogens with one attached hydrogen (secondary N) is 1. The number of hydrogen-bond acceptors (Lipinski definition) is 4. The molecule has 0 aliphatic heterocycles. The summed E-state index contributed by atoms with van der Waals surface area (Å²) in [4.78, 5) is 33.5. The Balaban J connectivity index is 2.78. The van der Waals surface area contributed by atoms with Gasteiger partial charge in [-0.3, -0.25) is 9.59 Å². The number of carboxylic acid groups (broad SMARTS) is 1. The summed E-state index contributed by atoms with van der Waals surface area (Å²) in [6.07, 6.45) is 0. The van der Waals surface area contributed by atoms with Crippen molar-refractivity contribution in [3.63, 3.8) is 0 Å². The summed E-state index contributed by atoms with van der Waals surface area (Å²) in [6, 6.07) is 4.96. The van der Waals surface area contributed by atoms with Crippen LogP contribution >= 0.6 is 12.6 Å². The van der Waals surface area contributed by atoms with E-state index in [-0.39, 0.29) is 11.5 Å². The number of Topliss-reactive ketones (excluding diaryl/α,β-unsaturated/α-hetero) is 1. The highest BCUT2D eigenvalue weighted by Crippen LogP contribution is 2.05. The molecule has 5 nitrogen and oxygen atoms in total. The fourth-order valence-electron chi connectivity index (χ4n) is 1.28. The van der Waals surface area contributed by atoms with Gasteiger partial charge in [-0.25, -0.2) is 4.79 Å². The van der Waals surface area contributed by atoms with Crippen molar-refractivity contribution in [2.24, 2.45) is 0 Å². The van der Waals surface area contributed by atoms with Gasteiger partial charge in [0.05, 0.1) is 0 Å². The minimum atomic E-state index is -1.14. The molecule has 18 heavy (non-hydrogen) atoms. The Kier molecular flexibility index (Phi) is 4.91. The highest BCUT2D eigenvalue weighted by Gasteiger charge is 2.18. The van der Waals surface area contributed by atoms with E-state index in [2.05, 4.69) is 17.9 Å². The maximum atomic E-state index is 11.7. The third-order valence-electron chi connectivity index (χ3n) is 2.34. The molecule has 0 aliphatic rings. The fraction of sp³-hybridized carbons (Fsp3) is 0.250. The molecule has 1 amide bonds. The second-order valence-corrected chi connectivity index (χ2v) is 4.05. The van der Waals surface area contributed by atoms with E-state index in [1.165, 1.54) is 31.2 Å². The first-order valence-electron chi connectivity index (χ1n) is 5.21. The van der Waals surface area contributed by atoms with Gasteiger partial charge in [-0.2, -0.15) is 12.6 Å². The Bertz CT molecular complexity index is 469. The fourth-order valence-corrected chi connectivity index (χ4v) is 1.53. The minimum Gasteiger partial charge on any atom is -0.480 e. The largest absolute Gasteiger partial charge is 0.480 e. The van der Waals surface area contributed by atoms with Crippen LogP contribution in [0.25, 0.3) is 0 Å². The molecule has 6 heteroatoms. The Morgan fingerprint density at radius 3 is 2.11 bits per heavy atom. The van der Waals surface area contributed by atoms with Gasteiger partial charge in [0.1, 0.15) is 6.04 Å². The summed E-state index contributed by atoms with van der Waals surface area (Å²) >= 11 is 3.85. The van der Waals surface area contributed by atoms with Crippen molar-refractivity contribution >= 4 is 30.3 Å². The zero-order chi connectivity index (χ0) is 13.7. The lowest BCUT2D eigenvalue weighted by atomic mass is 10.1. The first-order valence-corrected chi connectivity index (χ1v) is 5.84. The van der Waals surface area contributed by atoms with Crippen LogP contribution in [-0.2, 0) is 4.79 Å². The van der Waals surface area contributed by atoms with E-state index in [0.717, 1.165) is 0 Å². The van der Waals surface area contributed by atoms with Gasteiger partial charge in [-0.15, -0.1) is 0 Å². The van der Waals surface area contributed by atoms with Crippen molar-refractivity contribution < 1.29 is 19.5 Å². The predicted octanol–water partition coefficient (Wildman–Crippen LogP) is 1.00. The lowest BCUT2D eigenvalue weighted by molar-refractivity contribution is -0.138. The smallest absolute Gasteiger partial charge is 0.327 e. The summed E-state index contributed by atoms with van der Waals surface area (Å²) in [5.74, 6) is -1.74. The highest BCUT2D eigenvalue weighted by atomic mass is 32.1. The van der Waals surface area contributed by atoms with Crippen molar-refractivity contribution in [2.45, 2.75) is 13.0 Å². The van der Waals surface area contributed by atoms with Crippen LogP contribution in [0, 0.1) is 0 Å². The lowest BCUT2D eigenvalue weighted by Gasteiger charge is -2.11. The van der Waals surface area contributed by atoms with Crippen molar-refractivity contribution in [3.8, 4) is 0 Å². The summed E-state index contributed by atoms with van der Waals surface area (Å²) in [7, 11) is 0. The van der Waals surface area contributed by atoms with Crippen molar-refractivity contribution in [3.05, 3.63) is 35.4 Å². The van der Waals surface area contributed by atoms with Crippen LogP contribution in [-0.4, -0.2) is 34.6 Å². The second-order valence-electron chi connectivity index (χ2n) is 3.68. The van der Waals surface area contributed by atoms with Crippen LogP contribution < -0.4 is 5.32 Å². The van der Waals surface area contributed by atoms with E-state index in [0.29, 0.717) is 11.1 Å². The first kappa shape index (κ1) is 14.2. The summed E-state index contributed by atoms with van der Waals surface area (Å²) in [6.45, 7) is 1.43. The molecule has 1 aromatic rings. The van der Waals surface area contributed by atoms with Gasteiger partial charge < -0.3 is 10.4 Å². The SMILES string of the molecule is CC(=O)c1ccc(C(=O)N[C@@H](CS)C(=O)O)cc1. The standard InChI is InChI=1S/C12H13NO4S/c1-7(14)8-2-4-9(5-3-8)11(15)13-10(6-18)12(16)17/h2-5,10,18H,6H2,1H3,(H,13,15)(H,16,17)/t10-/m0/s1. The molecule has 1 rings (SSSR count). The Hall–Kier alpha value is -1.82. The number of hydrogen-bond donors (Lipinski definition) is 3. The molecule has 2 N–H and O–H groups in total. The minimum absolute atomic E-state index is 0.00655. The quantitative estimate of drug-likeness (QED) is 0.549. The van der Waals surface area contributed by atoms with Gasteiger partial charge in [0.2, 0.25) is 0 Å². The molecule has 0 saturated carbocycles. The zero-order valence-electron chi connectivity index (χ0n) is 9.71. The number of amides is 1. The van der Waals surface area contributed by atoms with Crippen LogP contribution in [0.4, 0.5) is 0 Å². The van der Waals surface area contributed by atoms with Crippen LogP contribution in [0.1, 0.15) is 27.6 Å². The molecule has 96 valence electrons. The van der Waals surface area contributed by atoms with Crippen molar-refractivity contribution in [1.82, 2.24) is 5.32 Å². The van der Waals surface area contributed by atoms with Crippen molar-refractivity contribution in [2.75, 3.05) is 5.75 Å². The third kappa shape index (κ3) is 3.59. The molecule has 0 radical (unpaired) electrons. The Morgan fingerprint density at radius 1 is 1.22 bits per heavy atom. The monoisotopic (exact) mass is 267 g/mol. The average Bonchev–Trinajstić information content (AvgIpc) is 2.35. The molecule has 1 atom stereocenters. The Morgan fingerprint density at radius 2 is 1.72 bits per heavy atom. The van der Waals surface area contributed by atoms with Crippen LogP contribution in [0.5, 0.6) is 0 Å². The summed E-state index contributed by atoms with van der Waals surface area (Å²) in [5.41, 5.74) is 0.795. The molecule has 0 aromatic heterocycles. The van der Waals surface area contributed by atoms with E-state index < -0.39 is 17.9 Å². The number of ketones is 1. The molecular weight excluding hydrogens is 254 g/mol. The molecule has 0 fully saturated rings. The van der Waals surface area contributed by atoms with E-state index in [1.54, 1.807) is 0 Å². The summed E-state index contributed by atoms with van der Waals surface area (Å²) < 4.78 is 0. The van der Waals surface area contributed by atoms with Gasteiger partial charge in [0.15, 0.2) is 5.78 Å². The number of aliphatic carboxylic acids is 1. The number of rotatable bonds is 5. The van der Waals surface area contributed by atoms with Gasteiger partial charge in [0.25, 0.3) is 5.91 Å². The number of benzene rings is 1. The molecule has 0 bridgehead atoms. The van der Waals surface area contributed by atoms with Crippen molar-refractivity contribution in [1.29, 1.82) is 0 Å². The predicted molar refractivity (Wildman–Crippen MR) is 69.2 cm³/mol. The van der Waals surface area contributed by atoms with Gasteiger partial charge in [0, 0.05) is 16.9 Å². The first-order chi connectivity index (χ1) is 8.45. The van der Waals surface area contributed by atoms with E-state index in [4.69, 9.17) is 5.11 Å². The lowest BCUT2D eigenvalue weighted by Crippen LogP contribution is -2.42. The zero-order valence-corrected chi connectivity index (χ0v) is 10.6. The van der Waals surface area contributed by atoms with E-state index in [1.807, 2.05) is 0 Å². The van der Waals surface area contributed by atoms with Gasteiger partial charge in [-0.05, 0) is 19.1 Å². The second kappa shape index (κ2) is 6.20. The normalized spacial score (nSPS) is 11.7. The van der Waals surface area contributed by atoms with Crippen LogP contribution in [0.3, 0.4) is 0 Å². The van der Waals surface area contributed by atoms with Crippen LogP contribution in [0.15, 0.2) is 24.3 Å². The maximum Gasteiger partial charge on any atom is 0.327 e. The van der Waals surface area contributed by atoms with Gasteiger partial charge in [-0.1, -0.05) is 12.1 Å². The highest BCUT2D eigenvalue weighted by molar-refractivity contribution is 7.80. The number of carboxylic acids is 1. The maximum absolute atomic E-state index is 11.7. The van der Waals surface area contributed by atoms with E-state index >= 15 is 0 Å². The average molecular weight is 267 g/mol. The van der Waals surface area contributed by atoms with Gasteiger partial charge >= 0.3 is 5.97 Å². The molecule has 0 aliphatic carbocycles. The number of carbonyl (C=O) groups excluding carboxylic acids is 2. The molecular formula is C12H13NO4S. The Labute approximate surface area is 110 Å². The molecule has 0 saturated heterocycles. The van der Waals surface area contributed by atoms with E-state index in [9.17, 15) is 14.4 Å². The van der Waals surface area contributed by atoms with Crippen LogP contribution in [0.2, 0.25) is 0 Å². The molecule has 1 aromatic carbocycles. The number of thiol groups is 1. The molecule has 0 unspecified atom stereocenters. The molecule has 0 spiro atoms. The number of carbonyl (C=O) groups is 3. The summed E-state index contributed by atoms with van der Waals surface area (Å²) in [5, 5.41) is 11.1.